The normalized spacial score (nSPS) is 11.2. The lowest BCUT2D eigenvalue weighted by molar-refractivity contribution is 0.102. The van der Waals surface area contributed by atoms with Crippen LogP contribution in [0.1, 0.15) is 10.4 Å². The molecule has 5 aromatic heterocycles. The molecule has 0 unspecified atom stereocenters. The van der Waals surface area contributed by atoms with Crippen LogP contribution in [-0.2, 0) is 0 Å². The van der Waals surface area contributed by atoms with Gasteiger partial charge in [0.15, 0.2) is 5.65 Å². The number of benzene rings is 2. The van der Waals surface area contributed by atoms with Gasteiger partial charge in [0.2, 0.25) is 0 Å². The fourth-order valence-electron chi connectivity index (χ4n) is 4.76. The van der Waals surface area contributed by atoms with Crippen molar-refractivity contribution in [3.05, 3.63) is 115 Å². The van der Waals surface area contributed by atoms with E-state index in [0.717, 1.165) is 44.2 Å². The van der Waals surface area contributed by atoms with Crippen LogP contribution >= 0.6 is 0 Å². The minimum atomic E-state index is -0.288. The van der Waals surface area contributed by atoms with Gasteiger partial charge in [0.25, 0.3) is 5.91 Å². The van der Waals surface area contributed by atoms with Crippen molar-refractivity contribution in [2.45, 2.75) is 0 Å². The number of aromatic nitrogens is 6. The van der Waals surface area contributed by atoms with Crippen LogP contribution in [0.3, 0.4) is 0 Å². The lowest BCUT2D eigenvalue weighted by atomic mass is 10.0. The number of pyridine rings is 3. The highest BCUT2D eigenvalue weighted by molar-refractivity contribution is 6.04. The molecule has 0 radical (unpaired) electrons. The first-order valence-electron chi connectivity index (χ1n) is 12.5. The summed E-state index contributed by atoms with van der Waals surface area (Å²) < 4.78 is 13.5. The molecule has 0 aliphatic heterocycles. The van der Waals surface area contributed by atoms with Crippen LogP contribution in [0.15, 0.2) is 104 Å². The lowest BCUT2D eigenvalue weighted by Gasteiger charge is -2.07. The molecule has 0 saturated carbocycles. The number of H-pyrrole nitrogens is 2. The average molecular weight is 526 g/mol. The smallest absolute Gasteiger partial charge is 0.255 e. The summed E-state index contributed by atoms with van der Waals surface area (Å²) in [4.78, 5) is 29.3. The van der Waals surface area contributed by atoms with Crippen LogP contribution < -0.4 is 5.32 Å². The number of rotatable bonds is 5. The molecule has 7 rings (SSSR count). The number of nitrogens with one attached hydrogen (secondary N) is 3. The van der Waals surface area contributed by atoms with Gasteiger partial charge in [-0.2, -0.15) is 5.10 Å². The number of carbonyl (C=O) groups excluding carboxylic acids is 1. The predicted molar refractivity (Wildman–Crippen MR) is 152 cm³/mol. The summed E-state index contributed by atoms with van der Waals surface area (Å²) in [7, 11) is 0. The Morgan fingerprint density at radius 1 is 0.775 bits per heavy atom. The van der Waals surface area contributed by atoms with Crippen LogP contribution in [0.5, 0.6) is 0 Å². The molecule has 2 aromatic carbocycles. The van der Waals surface area contributed by atoms with Crippen LogP contribution in [0.4, 0.5) is 10.1 Å². The number of carbonyl (C=O) groups is 1. The number of hydrogen-bond donors (Lipinski definition) is 3. The quantitative estimate of drug-likeness (QED) is 0.234. The fraction of sp³-hybridized carbons (Fsp3) is 0. The first-order valence-corrected chi connectivity index (χ1v) is 12.5. The largest absolute Gasteiger partial charge is 0.352 e. The zero-order valence-corrected chi connectivity index (χ0v) is 20.9. The first-order chi connectivity index (χ1) is 19.6. The summed E-state index contributed by atoms with van der Waals surface area (Å²) in [5, 5.41) is 12.2. The molecule has 9 heteroatoms. The van der Waals surface area contributed by atoms with Gasteiger partial charge in [0.05, 0.1) is 29.3 Å². The van der Waals surface area contributed by atoms with Gasteiger partial charge < -0.3 is 10.3 Å². The van der Waals surface area contributed by atoms with Crippen LogP contribution in [0.25, 0.3) is 55.6 Å². The molecule has 0 saturated heterocycles. The summed E-state index contributed by atoms with van der Waals surface area (Å²) in [5.41, 5.74) is 7.48. The van der Waals surface area contributed by atoms with Gasteiger partial charge in [0.1, 0.15) is 11.5 Å². The molecule has 0 fully saturated rings. The molecule has 3 N–H and O–H groups in total. The zero-order valence-electron chi connectivity index (χ0n) is 20.9. The highest BCUT2D eigenvalue weighted by Gasteiger charge is 2.16. The molecular weight excluding hydrogens is 505 g/mol. The minimum Gasteiger partial charge on any atom is -0.352 e. The molecule has 0 spiro atoms. The van der Waals surface area contributed by atoms with Crippen LogP contribution in [0.2, 0.25) is 0 Å². The molecule has 192 valence electrons. The van der Waals surface area contributed by atoms with Gasteiger partial charge in [0, 0.05) is 51.6 Å². The summed E-state index contributed by atoms with van der Waals surface area (Å²) in [5.74, 6) is -0.497. The minimum absolute atomic E-state index is 0.210. The maximum Gasteiger partial charge on any atom is 0.255 e. The third-order valence-corrected chi connectivity index (χ3v) is 6.74. The van der Waals surface area contributed by atoms with Gasteiger partial charge in [-0.05, 0) is 48.0 Å². The van der Waals surface area contributed by atoms with Crippen molar-refractivity contribution in [1.82, 2.24) is 30.1 Å². The van der Waals surface area contributed by atoms with Crippen molar-refractivity contribution < 1.29 is 9.18 Å². The highest BCUT2D eigenvalue weighted by Crippen LogP contribution is 2.34. The topological polar surface area (TPSA) is 112 Å². The van der Waals surface area contributed by atoms with E-state index in [1.54, 1.807) is 55.2 Å². The van der Waals surface area contributed by atoms with Crippen molar-refractivity contribution >= 4 is 33.5 Å². The number of amides is 1. The van der Waals surface area contributed by atoms with Gasteiger partial charge in [-0.15, -0.1) is 0 Å². The Morgan fingerprint density at radius 3 is 2.42 bits per heavy atom. The van der Waals surface area contributed by atoms with Gasteiger partial charge >= 0.3 is 0 Å². The Kier molecular flexibility index (Phi) is 5.59. The number of fused-ring (bicyclic) bond motifs is 2. The number of anilines is 1. The van der Waals surface area contributed by atoms with E-state index in [4.69, 9.17) is 0 Å². The number of hydrogen-bond acceptors (Lipinski definition) is 5. The third kappa shape index (κ3) is 4.25. The van der Waals surface area contributed by atoms with E-state index in [1.807, 2.05) is 36.4 Å². The predicted octanol–water partition coefficient (Wildman–Crippen LogP) is 6.62. The fourth-order valence-corrected chi connectivity index (χ4v) is 4.76. The molecular formula is C31H20FN7O. The van der Waals surface area contributed by atoms with E-state index < -0.39 is 0 Å². The van der Waals surface area contributed by atoms with E-state index in [0.29, 0.717) is 22.6 Å². The zero-order chi connectivity index (χ0) is 27.1. The Balaban J connectivity index is 1.25. The highest BCUT2D eigenvalue weighted by atomic mass is 19.1. The second-order valence-corrected chi connectivity index (χ2v) is 9.31. The molecule has 0 bridgehead atoms. The molecule has 5 heterocycles. The summed E-state index contributed by atoms with van der Waals surface area (Å²) in [6.07, 6.45) is 8.60. The molecule has 7 aromatic rings. The second-order valence-electron chi connectivity index (χ2n) is 9.31. The lowest BCUT2D eigenvalue weighted by Crippen LogP contribution is -2.11. The number of aromatic amines is 2. The standard InChI is InChI=1S/C31H20FN7O/c32-22-8-6-18(7-9-22)26-16-34-17-28-24(26)12-27(37-28)29-25-11-21(14-35-30(25)39-38-29)20-10-23(15-33-13-20)36-31(40)19-4-2-1-3-5-19/h1-17,37H,(H,36,40)(H,35,38,39). The van der Waals surface area contributed by atoms with E-state index in [9.17, 15) is 9.18 Å². The van der Waals surface area contributed by atoms with E-state index in [-0.39, 0.29) is 11.7 Å². The van der Waals surface area contributed by atoms with Crippen molar-refractivity contribution in [3.63, 3.8) is 0 Å². The summed E-state index contributed by atoms with van der Waals surface area (Å²) in [6.45, 7) is 0. The van der Waals surface area contributed by atoms with Crippen molar-refractivity contribution in [2.24, 2.45) is 0 Å². The molecule has 8 nitrogen and oxygen atoms in total. The average Bonchev–Trinajstić information content (AvgIpc) is 3.62. The van der Waals surface area contributed by atoms with Crippen LogP contribution in [0, 0.1) is 5.82 Å². The SMILES string of the molecule is O=C(Nc1cncc(-c2cnc3[nH]nc(-c4cc5c(-c6ccc(F)cc6)cncc5[nH]4)c3c2)c1)c1ccccc1. The van der Waals surface area contributed by atoms with E-state index in [1.165, 1.54) is 12.1 Å². The monoisotopic (exact) mass is 525 g/mol. The maximum atomic E-state index is 13.5. The molecule has 0 atom stereocenters. The molecule has 0 aliphatic rings. The Morgan fingerprint density at radius 2 is 1.57 bits per heavy atom. The molecule has 1 amide bonds. The Bertz CT molecular complexity index is 2010. The van der Waals surface area contributed by atoms with Crippen molar-refractivity contribution in [2.75, 3.05) is 5.32 Å². The summed E-state index contributed by atoms with van der Waals surface area (Å²) in [6, 6.07) is 21.2. The maximum absolute atomic E-state index is 13.5. The van der Waals surface area contributed by atoms with Gasteiger partial charge in [-0.3, -0.25) is 19.9 Å². The van der Waals surface area contributed by atoms with E-state index >= 15 is 0 Å². The summed E-state index contributed by atoms with van der Waals surface area (Å²) >= 11 is 0. The Hall–Kier alpha value is -5.70. The number of halogens is 1. The van der Waals surface area contributed by atoms with E-state index in [2.05, 4.69) is 35.5 Å². The first kappa shape index (κ1) is 23.4. The van der Waals surface area contributed by atoms with Crippen molar-refractivity contribution in [3.8, 4) is 33.6 Å². The second kappa shape index (κ2) is 9.55. The van der Waals surface area contributed by atoms with Gasteiger partial charge in [-0.25, -0.2) is 9.37 Å². The van der Waals surface area contributed by atoms with Gasteiger partial charge in [-0.1, -0.05) is 30.3 Å². The van der Waals surface area contributed by atoms with Crippen LogP contribution in [-0.4, -0.2) is 36.0 Å². The number of nitrogens with zero attached hydrogens (tertiary/aromatic N) is 4. The van der Waals surface area contributed by atoms with Crippen molar-refractivity contribution in [1.29, 1.82) is 0 Å². The molecule has 0 aliphatic carbocycles. The molecule has 40 heavy (non-hydrogen) atoms. The Labute approximate surface area is 227 Å². The third-order valence-electron chi connectivity index (χ3n) is 6.74.